The van der Waals surface area contributed by atoms with E-state index >= 15 is 0 Å². The van der Waals surface area contributed by atoms with Crippen molar-refractivity contribution >= 4 is 17.4 Å². The van der Waals surface area contributed by atoms with Gasteiger partial charge in [0.15, 0.2) is 0 Å². The lowest BCUT2D eigenvalue weighted by atomic mass is 9.60. The molecule has 20 heavy (non-hydrogen) atoms. The molecule has 0 radical (unpaired) electrons. The van der Waals surface area contributed by atoms with Crippen LogP contribution in [-0.2, 0) is 16.6 Å². The van der Waals surface area contributed by atoms with Crippen molar-refractivity contribution in [3.8, 4) is 0 Å². The quantitative estimate of drug-likeness (QED) is 0.678. The first-order valence-corrected chi connectivity index (χ1v) is 7.93. The summed E-state index contributed by atoms with van der Waals surface area (Å²) >= 11 is 6.25. The van der Waals surface area contributed by atoms with Gasteiger partial charge in [0.2, 0.25) is 0 Å². The molecule has 0 spiro atoms. The van der Waals surface area contributed by atoms with E-state index in [4.69, 9.17) is 11.6 Å². The first kappa shape index (κ1) is 15.4. The third kappa shape index (κ3) is 2.48. The van der Waals surface area contributed by atoms with Crippen LogP contribution in [0.2, 0.25) is 5.15 Å². The van der Waals surface area contributed by atoms with Gasteiger partial charge in [-0.1, -0.05) is 32.4 Å². The van der Waals surface area contributed by atoms with E-state index in [2.05, 4.69) is 16.9 Å². The molecule has 2 aliphatic carbocycles. The number of nitrogens with zero attached hydrogens (tertiary/aromatic N) is 2. The molecule has 2 atom stereocenters. The summed E-state index contributed by atoms with van der Waals surface area (Å²) in [5.74, 6) is 1.56. The number of aryl methyl sites for hydroxylation is 1. The van der Waals surface area contributed by atoms with Gasteiger partial charge in [0, 0.05) is 23.8 Å². The fraction of sp³-hybridized carbons (Fsp3) is 0.688. The molecule has 4 heteroatoms. The van der Waals surface area contributed by atoms with E-state index in [1.165, 1.54) is 0 Å². The first-order valence-electron chi connectivity index (χ1n) is 7.56. The van der Waals surface area contributed by atoms with Gasteiger partial charge in [-0.15, -0.1) is 0 Å². The molecule has 1 saturated carbocycles. The van der Waals surface area contributed by atoms with Crippen LogP contribution in [0.15, 0.2) is 0 Å². The number of hydrogen-bond acceptors (Lipinski definition) is 3. The number of Topliss-reactive ketones (excluding diaryl/α,β-unsaturated/α-hetero) is 1. The fourth-order valence-electron chi connectivity index (χ4n) is 3.51. The number of hydrogen-bond donors (Lipinski definition) is 0. The number of carbonyl (C=O) groups excluding carboxylic acids is 1. The van der Waals surface area contributed by atoms with Crippen LogP contribution in [0, 0.1) is 12.8 Å². The summed E-state index contributed by atoms with van der Waals surface area (Å²) in [4.78, 5) is 20.6. The maximum absolute atomic E-state index is 11.6. The van der Waals surface area contributed by atoms with E-state index in [1.807, 2.05) is 20.8 Å². The van der Waals surface area contributed by atoms with Crippen molar-refractivity contribution in [2.24, 2.45) is 5.92 Å². The van der Waals surface area contributed by atoms with Crippen molar-refractivity contribution in [2.45, 2.75) is 65.2 Å². The highest BCUT2D eigenvalue weighted by Crippen LogP contribution is 2.49. The Morgan fingerprint density at radius 3 is 2.65 bits per heavy atom. The molecule has 2 aliphatic rings. The van der Waals surface area contributed by atoms with E-state index in [0.29, 0.717) is 29.7 Å². The highest BCUT2D eigenvalue weighted by atomic mass is 35.5. The molecule has 3 rings (SSSR count). The molecule has 0 N–H and O–H groups in total. The van der Waals surface area contributed by atoms with Gasteiger partial charge in [0.05, 0.1) is 5.69 Å². The summed E-state index contributed by atoms with van der Waals surface area (Å²) in [6.45, 7) is 8.12. The molecule has 0 aromatic carbocycles. The molecule has 1 aromatic heterocycles. The smallest absolute Gasteiger partial charge is 0.136 e. The normalized spacial score (nSPS) is 28.1. The van der Waals surface area contributed by atoms with Crippen LogP contribution in [0.25, 0.3) is 0 Å². The molecule has 3 nitrogen and oxygen atoms in total. The van der Waals surface area contributed by atoms with Gasteiger partial charge in [-0.05, 0) is 32.1 Å². The van der Waals surface area contributed by atoms with Crippen LogP contribution < -0.4 is 0 Å². The van der Waals surface area contributed by atoms with Gasteiger partial charge in [0.1, 0.15) is 16.8 Å². The molecule has 1 fully saturated rings. The van der Waals surface area contributed by atoms with E-state index < -0.39 is 0 Å². The molecule has 0 amide bonds. The Morgan fingerprint density at radius 2 is 1.95 bits per heavy atom. The Labute approximate surface area is 126 Å². The second-order valence-corrected chi connectivity index (χ2v) is 6.14. The van der Waals surface area contributed by atoms with Crippen LogP contribution in [0.1, 0.15) is 63.5 Å². The maximum atomic E-state index is 11.6. The molecular weight excluding hydrogens is 272 g/mol. The summed E-state index contributed by atoms with van der Waals surface area (Å²) in [6, 6.07) is 0. The summed E-state index contributed by atoms with van der Waals surface area (Å²) in [7, 11) is 0. The maximum Gasteiger partial charge on any atom is 0.136 e. The zero-order chi connectivity index (χ0) is 14.9. The Bertz CT molecular complexity index is 529. The van der Waals surface area contributed by atoms with E-state index in [9.17, 15) is 4.79 Å². The zero-order valence-electron chi connectivity index (χ0n) is 12.8. The Kier molecular flexibility index (Phi) is 4.48. The van der Waals surface area contributed by atoms with Gasteiger partial charge in [-0.3, -0.25) is 4.79 Å². The van der Waals surface area contributed by atoms with Gasteiger partial charge in [0.25, 0.3) is 0 Å². The number of rotatable bonds is 0. The van der Waals surface area contributed by atoms with Crippen LogP contribution in [0.4, 0.5) is 0 Å². The fourth-order valence-corrected chi connectivity index (χ4v) is 3.82. The summed E-state index contributed by atoms with van der Waals surface area (Å²) < 4.78 is 0. The number of fused-ring (bicyclic) bond motifs is 3. The summed E-state index contributed by atoms with van der Waals surface area (Å²) in [5.41, 5.74) is 2.22. The molecule has 0 aliphatic heterocycles. The minimum absolute atomic E-state index is 0.0127. The Balaban J connectivity index is 0.000000704. The predicted molar refractivity (Wildman–Crippen MR) is 81.1 cm³/mol. The third-order valence-corrected chi connectivity index (χ3v) is 4.96. The molecule has 0 bridgehead atoms. The molecule has 2 unspecified atom stereocenters. The standard InChI is InChI=1S/C14H17ClN2O.C2H6/c1-8-16-12-11(13(15)17-8)4-3-9-7-10(18)5-6-14(9,12)2;1-2/h9H,3-7H2,1-2H3;1-2H3. The average molecular weight is 295 g/mol. The lowest BCUT2D eigenvalue weighted by Crippen LogP contribution is -2.43. The van der Waals surface area contributed by atoms with Gasteiger partial charge >= 0.3 is 0 Å². The number of carbonyl (C=O) groups is 1. The van der Waals surface area contributed by atoms with Gasteiger partial charge in [-0.2, -0.15) is 0 Å². The summed E-state index contributed by atoms with van der Waals surface area (Å²) in [5, 5.41) is 0.606. The molecular formula is C16H23ClN2O. The second kappa shape index (κ2) is 5.80. The Hall–Kier alpha value is -0.960. The second-order valence-electron chi connectivity index (χ2n) is 5.78. The lowest BCUT2D eigenvalue weighted by Gasteiger charge is -2.44. The highest BCUT2D eigenvalue weighted by Gasteiger charge is 2.46. The number of aromatic nitrogens is 2. The minimum Gasteiger partial charge on any atom is -0.300 e. The minimum atomic E-state index is 0.0127. The van der Waals surface area contributed by atoms with Crippen molar-refractivity contribution in [2.75, 3.05) is 0 Å². The van der Waals surface area contributed by atoms with Crippen molar-refractivity contribution < 1.29 is 4.79 Å². The molecule has 1 aromatic rings. The van der Waals surface area contributed by atoms with Crippen LogP contribution in [0.3, 0.4) is 0 Å². The van der Waals surface area contributed by atoms with E-state index in [1.54, 1.807) is 0 Å². The van der Waals surface area contributed by atoms with E-state index in [-0.39, 0.29) is 5.41 Å². The van der Waals surface area contributed by atoms with Gasteiger partial charge < -0.3 is 0 Å². The average Bonchev–Trinajstić information content (AvgIpc) is 2.42. The van der Waals surface area contributed by atoms with Crippen LogP contribution >= 0.6 is 11.6 Å². The van der Waals surface area contributed by atoms with Crippen molar-refractivity contribution in [3.05, 3.63) is 22.2 Å². The van der Waals surface area contributed by atoms with Crippen molar-refractivity contribution in [3.63, 3.8) is 0 Å². The third-order valence-electron chi connectivity index (χ3n) is 4.65. The SMILES string of the molecule is CC.Cc1nc(Cl)c2c(n1)C1(C)CCC(=O)CC1CC2. The van der Waals surface area contributed by atoms with E-state index in [0.717, 1.165) is 36.3 Å². The molecule has 1 heterocycles. The Morgan fingerprint density at radius 1 is 1.25 bits per heavy atom. The predicted octanol–water partition coefficient (Wildman–Crippen LogP) is 4.04. The monoisotopic (exact) mass is 294 g/mol. The van der Waals surface area contributed by atoms with Gasteiger partial charge in [-0.25, -0.2) is 9.97 Å². The first-order chi connectivity index (χ1) is 9.50. The lowest BCUT2D eigenvalue weighted by molar-refractivity contribution is -0.123. The zero-order valence-corrected chi connectivity index (χ0v) is 13.5. The van der Waals surface area contributed by atoms with Crippen LogP contribution in [0.5, 0.6) is 0 Å². The van der Waals surface area contributed by atoms with Crippen molar-refractivity contribution in [1.29, 1.82) is 0 Å². The number of halogens is 1. The molecule has 110 valence electrons. The molecule has 0 saturated heterocycles. The highest BCUT2D eigenvalue weighted by molar-refractivity contribution is 6.30. The van der Waals surface area contributed by atoms with Crippen LogP contribution in [-0.4, -0.2) is 15.8 Å². The summed E-state index contributed by atoms with van der Waals surface area (Å²) in [6.07, 6.45) is 4.21. The topological polar surface area (TPSA) is 42.9 Å². The number of ketones is 1. The largest absolute Gasteiger partial charge is 0.300 e. The van der Waals surface area contributed by atoms with Crippen molar-refractivity contribution in [1.82, 2.24) is 9.97 Å².